The second kappa shape index (κ2) is 11.1. The lowest BCUT2D eigenvalue weighted by Crippen LogP contribution is -2.45. The molecule has 0 saturated heterocycles. The largest absolute Gasteiger partial charge is 0.494 e. The molecule has 2 aromatic rings. The van der Waals surface area contributed by atoms with Crippen LogP contribution in [0.4, 0.5) is 0 Å². The number of halogens is 2. The smallest absolute Gasteiger partial charge is 0.225 e. The van der Waals surface area contributed by atoms with Gasteiger partial charge < -0.3 is 14.8 Å². The molecule has 0 unspecified atom stereocenters. The Balaban J connectivity index is 1.35. The molecule has 1 amide bonds. The minimum absolute atomic E-state index is 0.102. The number of nitrogens with one attached hydrogen (secondary N) is 1. The van der Waals surface area contributed by atoms with Gasteiger partial charge in [-0.25, -0.2) is 4.98 Å². The van der Waals surface area contributed by atoms with Gasteiger partial charge in [-0.3, -0.25) is 4.79 Å². The molecule has 1 saturated carbocycles. The Morgan fingerprint density at radius 1 is 1.06 bits per heavy atom. The van der Waals surface area contributed by atoms with Crippen molar-refractivity contribution in [1.82, 2.24) is 10.3 Å². The van der Waals surface area contributed by atoms with Gasteiger partial charge in [0.1, 0.15) is 16.7 Å². The van der Waals surface area contributed by atoms with Crippen molar-refractivity contribution in [2.45, 2.75) is 64.5 Å². The molecule has 1 N–H and O–H groups in total. The molecule has 0 spiro atoms. The van der Waals surface area contributed by atoms with Gasteiger partial charge in [-0.15, -0.1) is 0 Å². The zero-order valence-electron chi connectivity index (χ0n) is 18.1. The minimum Gasteiger partial charge on any atom is -0.494 e. The highest BCUT2D eigenvalue weighted by molar-refractivity contribution is 6.30. The van der Waals surface area contributed by atoms with Crippen LogP contribution in [0.3, 0.4) is 0 Å². The van der Waals surface area contributed by atoms with Gasteiger partial charge in [-0.2, -0.15) is 0 Å². The third kappa shape index (κ3) is 7.58. The molecule has 1 aliphatic rings. The first-order valence-corrected chi connectivity index (χ1v) is 11.5. The molecule has 5 nitrogen and oxygen atoms in total. The van der Waals surface area contributed by atoms with E-state index in [1.54, 1.807) is 24.4 Å². The number of aromatic nitrogens is 1. The zero-order chi connectivity index (χ0) is 22.3. The van der Waals surface area contributed by atoms with Crippen molar-refractivity contribution in [2.24, 2.45) is 5.41 Å². The van der Waals surface area contributed by atoms with Crippen molar-refractivity contribution < 1.29 is 14.3 Å². The first-order chi connectivity index (χ1) is 14.8. The highest BCUT2D eigenvalue weighted by Crippen LogP contribution is 2.27. The number of benzene rings is 1. The molecule has 1 heterocycles. The Bertz CT molecular complexity index is 833. The van der Waals surface area contributed by atoms with E-state index >= 15 is 0 Å². The number of rotatable bonds is 9. The summed E-state index contributed by atoms with van der Waals surface area (Å²) >= 11 is 11.7. The maximum absolute atomic E-state index is 12.8. The predicted octanol–water partition coefficient (Wildman–Crippen LogP) is 6.08. The highest BCUT2D eigenvalue weighted by atomic mass is 35.5. The molecule has 0 radical (unpaired) electrons. The molecule has 1 aromatic heterocycles. The lowest BCUT2D eigenvalue weighted by molar-refractivity contribution is -0.130. The number of nitrogens with zero attached hydrogens (tertiary/aromatic N) is 1. The fourth-order valence-electron chi connectivity index (χ4n) is 3.68. The third-order valence-corrected chi connectivity index (χ3v) is 6.13. The summed E-state index contributed by atoms with van der Waals surface area (Å²) in [4.78, 5) is 16.9. The Morgan fingerprint density at radius 3 is 2.39 bits per heavy atom. The summed E-state index contributed by atoms with van der Waals surface area (Å²) in [5.74, 6) is 1.63. The van der Waals surface area contributed by atoms with E-state index in [2.05, 4.69) is 10.3 Å². The normalized spacial score (nSPS) is 19.0. The van der Waals surface area contributed by atoms with Crippen LogP contribution in [0, 0.1) is 5.41 Å². The summed E-state index contributed by atoms with van der Waals surface area (Å²) in [6, 6.07) is 11.1. The summed E-state index contributed by atoms with van der Waals surface area (Å²) in [7, 11) is 0. The van der Waals surface area contributed by atoms with E-state index in [9.17, 15) is 4.79 Å². The van der Waals surface area contributed by atoms with E-state index in [0.29, 0.717) is 16.8 Å². The van der Waals surface area contributed by atoms with Crippen LogP contribution in [-0.2, 0) is 4.79 Å². The molecule has 7 heteroatoms. The van der Waals surface area contributed by atoms with Crippen LogP contribution in [0.5, 0.6) is 11.5 Å². The van der Waals surface area contributed by atoms with Crippen molar-refractivity contribution in [1.29, 1.82) is 0 Å². The van der Waals surface area contributed by atoms with E-state index in [1.807, 2.05) is 32.0 Å². The standard InChI is InChI=1S/C24H30Cl2N2O3/c1-24(2,14-3-15-30-19-8-4-17(25)5-9-19)23(29)28-18-6-10-20(11-7-18)31-21-12-13-22(26)27-16-21/h4-5,8-9,12-13,16,18,20H,3,6-7,10-11,14-15H2,1-2H3,(H,28,29)/t18-,20-. The molecule has 31 heavy (non-hydrogen) atoms. The van der Waals surface area contributed by atoms with Crippen LogP contribution in [0.1, 0.15) is 52.4 Å². The van der Waals surface area contributed by atoms with Crippen LogP contribution in [0.2, 0.25) is 10.2 Å². The van der Waals surface area contributed by atoms with E-state index in [1.165, 1.54) is 0 Å². The first kappa shape index (κ1) is 23.7. The number of pyridine rings is 1. The summed E-state index contributed by atoms with van der Waals surface area (Å²) in [5, 5.41) is 4.38. The Hall–Kier alpha value is -1.98. The van der Waals surface area contributed by atoms with Gasteiger partial charge >= 0.3 is 0 Å². The lowest BCUT2D eigenvalue weighted by atomic mass is 9.85. The Kier molecular flexibility index (Phi) is 8.44. The summed E-state index contributed by atoms with van der Waals surface area (Å²) in [6.07, 6.45) is 6.99. The second-order valence-electron chi connectivity index (χ2n) is 8.67. The molecule has 3 rings (SSSR count). The van der Waals surface area contributed by atoms with Gasteiger partial charge in [0.2, 0.25) is 5.91 Å². The molecule has 1 aromatic carbocycles. The lowest BCUT2D eigenvalue weighted by Gasteiger charge is -2.32. The molecule has 0 atom stereocenters. The van der Waals surface area contributed by atoms with Crippen LogP contribution in [0.25, 0.3) is 0 Å². The molecular weight excluding hydrogens is 435 g/mol. The van der Waals surface area contributed by atoms with Crippen molar-refractivity contribution in [3.05, 3.63) is 52.8 Å². The monoisotopic (exact) mass is 464 g/mol. The quantitative estimate of drug-likeness (QED) is 0.360. The number of hydrogen-bond acceptors (Lipinski definition) is 4. The number of carbonyl (C=O) groups is 1. The van der Waals surface area contributed by atoms with Crippen LogP contribution in [-0.4, -0.2) is 29.6 Å². The van der Waals surface area contributed by atoms with E-state index in [-0.39, 0.29) is 18.1 Å². The maximum Gasteiger partial charge on any atom is 0.225 e. The number of ether oxygens (including phenoxy) is 2. The molecule has 1 aliphatic carbocycles. The first-order valence-electron chi connectivity index (χ1n) is 10.8. The second-order valence-corrected chi connectivity index (χ2v) is 9.50. The fourth-order valence-corrected chi connectivity index (χ4v) is 3.92. The van der Waals surface area contributed by atoms with E-state index in [0.717, 1.165) is 50.0 Å². The summed E-state index contributed by atoms with van der Waals surface area (Å²) < 4.78 is 11.7. The Morgan fingerprint density at radius 2 is 1.74 bits per heavy atom. The molecular formula is C24H30Cl2N2O3. The van der Waals surface area contributed by atoms with E-state index in [4.69, 9.17) is 32.7 Å². The van der Waals surface area contributed by atoms with Crippen LogP contribution in [0.15, 0.2) is 42.6 Å². The van der Waals surface area contributed by atoms with Gasteiger partial charge in [0.05, 0.1) is 18.9 Å². The zero-order valence-corrected chi connectivity index (χ0v) is 19.6. The van der Waals surface area contributed by atoms with Crippen molar-refractivity contribution in [3.63, 3.8) is 0 Å². The van der Waals surface area contributed by atoms with Gasteiger partial charge in [0.25, 0.3) is 0 Å². The van der Waals surface area contributed by atoms with Crippen molar-refractivity contribution >= 4 is 29.1 Å². The summed E-state index contributed by atoms with van der Waals surface area (Å²) in [6.45, 7) is 4.56. The topological polar surface area (TPSA) is 60.5 Å². The molecule has 0 bridgehead atoms. The SMILES string of the molecule is CC(C)(CCCOc1ccc(Cl)cc1)C(=O)N[C@H]1CC[C@H](Oc2ccc(Cl)nc2)CC1. The van der Waals surface area contributed by atoms with Crippen molar-refractivity contribution in [3.8, 4) is 11.5 Å². The molecule has 0 aliphatic heterocycles. The average Bonchev–Trinajstić information content (AvgIpc) is 2.75. The Labute approximate surface area is 194 Å². The van der Waals surface area contributed by atoms with Crippen LogP contribution >= 0.6 is 23.2 Å². The van der Waals surface area contributed by atoms with Gasteiger partial charge in [0.15, 0.2) is 0 Å². The highest BCUT2D eigenvalue weighted by Gasteiger charge is 2.31. The number of amides is 1. The third-order valence-electron chi connectivity index (χ3n) is 5.66. The average molecular weight is 465 g/mol. The van der Waals surface area contributed by atoms with Gasteiger partial charge in [0, 0.05) is 16.5 Å². The molecule has 1 fully saturated rings. The van der Waals surface area contributed by atoms with Gasteiger partial charge in [-0.1, -0.05) is 37.0 Å². The fraction of sp³-hybridized carbons (Fsp3) is 0.500. The van der Waals surface area contributed by atoms with Crippen LogP contribution < -0.4 is 14.8 Å². The predicted molar refractivity (Wildman–Crippen MR) is 124 cm³/mol. The summed E-state index contributed by atoms with van der Waals surface area (Å²) in [5.41, 5.74) is -0.439. The number of hydrogen-bond donors (Lipinski definition) is 1. The van der Waals surface area contributed by atoms with Crippen molar-refractivity contribution in [2.75, 3.05) is 6.61 Å². The molecule has 168 valence electrons. The van der Waals surface area contributed by atoms with Gasteiger partial charge in [-0.05, 0) is 74.9 Å². The number of carbonyl (C=O) groups excluding carboxylic acids is 1. The maximum atomic E-state index is 12.8. The van der Waals surface area contributed by atoms with E-state index < -0.39 is 5.41 Å². The minimum atomic E-state index is -0.439.